The van der Waals surface area contributed by atoms with Crippen molar-refractivity contribution in [3.8, 4) is 0 Å². The lowest BCUT2D eigenvalue weighted by molar-refractivity contribution is -0.447. The smallest absolute Gasteiger partial charge is 0.412 e. The molecule has 2 N–H and O–H groups in total. The Labute approximate surface area is 85.9 Å². The highest BCUT2D eigenvalue weighted by molar-refractivity contribution is 5.65. The van der Waals surface area contributed by atoms with Gasteiger partial charge in [0.2, 0.25) is 0 Å². The number of nitrogens with zero attached hydrogens (tertiary/aromatic N) is 3. The Hall–Kier alpha value is -1.99. The molecule has 15 heavy (non-hydrogen) atoms. The van der Waals surface area contributed by atoms with Crippen LogP contribution in [0.2, 0.25) is 0 Å². The molecule has 0 saturated heterocycles. The summed E-state index contributed by atoms with van der Waals surface area (Å²) >= 11 is 0. The van der Waals surface area contributed by atoms with Crippen molar-refractivity contribution in [3.05, 3.63) is 22.1 Å². The van der Waals surface area contributed by atoms with E-state index in [-0.39, 0.29) is 5.82 Å². The molecule has 0 aliphatic carbocycles. The van der Waals surface area contributed by atoms with E-state index in [0.717, 1.165) is 4.90 Å². The lowest BCUT2D eigenvalue weighted by Crippen LogP contribution is -2.61. The molecule has 1 aliphatic rings. The molecule has 8 nitrogen and oxygen atoms in total. The van der Waals surface area contributed by atoms with Crippen LogP contribution in [0.25, 0.3) is 0 Å². The Kier molecular flexibility index (Phi) is 2.44. The van der Waals surface area contributed by atoms with Crippen LogP contribution >= 0.6 is 0 Å². The van der Waals surface area contributed by atoms with Gasteiger partial charge in [0, 0.05) is 14.0 Å². The van der Waals surface area contributed by atoms with Gasteiger partial charge in [-0.2, -0.15) is 0 Å². The molecule has 1 unspecified atom stereocenters. The van der Waals surface area contributed by atoms with E-state index in [4.69, 9.17) is 5.11 Å². The second-order valence-electron chi connectivity index (χ2n) is 3.33. The number of rotatable bonds is 2. The Morgan fingerprint density at radius 1 is 1.80 bits per heavy atom. The fourth-order valence-electron chi connectivity index (χ4n) is 1.30. The predicted octanol–water partition coefficient (Wildman–Crippen LogP) is -0.119. The molecule has 0 saturated carbocycles. The summed E-state index contributed by atoms with van der Waals surface area (Å²) in [5.41, 5.74) is 0. The van der Waals surface area contributed by atoms with E-state index in [9.17, 15) is 14.9 Å². The van der Waals surface area contributed by atoms with Crippen LogP contribution in [-0.2, 0) is 0 Å². The number of nitrogens with one attached hydrogen (secondary N) is 1. The Balaban J connectivity index is 2.94. The van der Waals surface area contributed by atoms with Gasteiger partial charge in [-0.15, -0.1) is 0 Å². The molecule has 8 heteroatoms. The first-order valence-corrected chi connectivity index (χ1v) is 4.13. The zero-order chi connectivity index (χ0) is 11.8. The predicted molar refractivity (Wildman–Crippen MR) is 50.2 cm³/mol. The maximum Gasteiger partial charge on any atom is 0.412 e. The second-order valence-corrected chi connectivity index (χ2v) is 3.33. The van der Waals surface area contributed by atoms with Crippen molar-refractivity contribution in [2.75, 3.05) is 14.1 Å². The van der Waals surface area contributed by atoms with Crippen molar-refractivity contribution in [2.45, 2.75) is 12.7 Å². The molecule has 0 aromatic carbocycles. The zero-order valence-electron chi connectivity index (χ0n) is 8.59. The van der Waals surface area contributed by atoms with Crippen LogP contribution < -0.4 is 5.32 Å². The molecule has 1 rings (SSSR count). The third kappa shape index (κ3) is 1.53. The molecular weight excluding hydrogens is 204 g/mol. The van der Waals surface area contributed by atoms with Gasteiger partial charge < -0.3 is 20.5 Å². The van der Waals surface area contributed by atoms with Crippen molar-refractivity contribution < 1.29 is 14.8 Å². The van der Waals surface area contributed by atoms with E-state index >= 15 is 0 Å². The molecule has 0 fully saturated rings. The highest BCUT2D eigenvalue weighted by Gasteiger charge is 2.48. The van der Waals surface area contributed by atoms with Gasteiger partial charge in [-0.25, -0.2) is 9.69 Å². The number of carboxylic acid groups (broad SMARTS) is 1. The maximum atomic E-state index is 10.8. The average molecular weight is 216 g/mol. The van der Waals surface area contributed by atoms with Crippen LogP contribution in [0.4, 0.5) is 4.79 Å². The normalized spacial score (nSPS) is 24.5. The van der Waals surface area contributed by atoms with E-state index in [1.807, 2.05) is 0 Å². The van der Waals surface area contributed by atoms with Crippen molar-refractivity contribution in [2.24, 2.45) is 0 Å². The highest BCUT2D eigenvalue weighted by Crippen LogP contribution is 2.24. The summed E-state index contributed by atoms with van der Waals surface area (Å²) in [4.78, 5) is 23.0. The van der Waals surface area contributed by atoms with Crippen molar-refractivity contribution in [1.82, 2.24) is 15.1 Å². The zero-order valence-corrected chi connectivity index (χ0v) is 8.59. The number of amides is 1. The number of hydrogen-bond acceptors (Lipinski definition) is 5. The molecule has 1 aliphatic heterocycles. The summed E-state index contributed by atoms with van der Waals surface area (Å²) < 4.78 is 0. The minimum absolute atomic E-state index is 0.175. The minimum Gasteiger partial charge on any atom is -0.465 e. The van der Waals surface area contributed by atoms with E-state index < -0.39 is 16.8 Å². The molecule has 1 amide bonds. The number of hydrogen-bond donors (Lipinski definition) is 2. The SMILES string of the molecule is CN(C(=O)O)C1(C)NC=C([N+](=O)[O-])N1C. The topological polar surface area (TPSA) is 99.0 Å². The molecule has 0 spiro atoms. The van der Waals surface area contributed by atoms with Crippen LogP contribution in [-0.4, -0.2) is 45.8 Å². The quantitative estimate of drug-likeness (QED) is 0.493. The monoisotopic (exact) mass is 216 g/mol. The van der Waals surface area contributed by atoms with E-state index in [0.29, 0.717) is 0 Å². The van der Waals surface area contributed by atoms with Gasteiger partial charge in [0.1, 0.15) is 0 Å². The fraction of sp³-hybridized carbons (Fsp3) is 0.571. The molecule has 1 heterocycles. The summed E-state index contributed by atoms with van der Waals surface area (Å²) in [6, 6.07) is 0. The molecule has 1 atom stereocenters. The molecule has 84 valence electrons. The van der Waals surface area contributed by atoms with Gasteiger partial charge in [0.05, 0.1) is 13.2 Å². The van der Waals surface area contributed by atoms with E-state index in [1.165, 1.54) is 32.1 Å². The van der Waals surface area contributed by atoms with Crippen LogP contribution in [0.15, 0.2) is 12.0 Å². The fourth-order valence-corrected chi connectivity index (χ4v) is 1.30. The van der Waals surface area contributed by atoms with Gasteiger partial charge in [-0.3, -0.25) is 4.90 Å². The van der Waals surface area contributed by atoms with E-state index in [2.05, 4.69) is 5.32 Å². The molecule has 0 bridgehead atoms. The standard InChI is InChI=1S/C7H12N4O4/c1-7(10(3)6(12)13)8-4-5(9(7)2)11(14)15/h4,8H,1-3H3,(H,12,13). The lowest BCUT2D eigenvalue weighted by atomic mass is 10.3. The summed E-state index contributed by atoms with van der Waals surface area (Å²) in [5, 5.41) is 22.1. The number of carbonyl (C=O) groups is 1. The summed E-state index contributed by atoms with van der Waals surface area (Å²) in [5.74, 6) is -1.31. The third-order valence-electron chi connectivity index (χ3n) is 2.60. The summed E-state index contributed by atoms with van der Waals surface area (Å²) in [6.45, 7) is 1.54. The van der Waals surface area contributed by atoms with Gasteiger partial charge in [0.25, 0.3) is 5.79 Å². The van der Waals surface area contributed by atoms with Gasteiger partial charge in [-0.05, 0) is 4.92 Å². The van der Waals surface area contributed by atoms with Crippen molar-refractivity contribution >= 4 is 6.09 Å². The Morgan fingerprint density at radius 3 is 2.67 bits per heavy atom. The van der Waals surface area contributed by atoms with Crippen molar-refractivity contribution in [1.29, 1.82) is 0 Å². The maximum absolute atomic E-state index is 10.8. The summed E-state index contributed by atoms with van der Waals surface area (Å²) in [6.07, 6.45) is 0.00856. The number of nitro groups is 1. The average Bonchev–Trinajstić information content (AvgIpc) is 2.43. The van der Waals surface area contributed by atoms with Gasteiger partial charge in [0.15, 0.2) is 0 Å². The summed E-state index contributed by atoms with van der Waals surface area (Å²) in [7, 11) is 2.79. The molecule has 0 aromatic heterocycles. The van der Waals surface area contributed by atoms with Crippen LogP contribution in [0, 0.1) is 10.1 Å². The Bertz CT molecular complexity index is 342. The largest absolute Gasteiger partial charge is 0.465 e. The first-order valence-electron chi connectivity index (χ1n) is 4.13. The van der Waals surface area contributed by atoms with E-state index in [1.54, 1.807) is 0 Å². The molecule has 0 radical (unpaired) electrons. The lowest BCUT2D eigenvalue weighted by Gasteiger charge is -2.35. The minimum atomic E-state index is -1.17. The molecule has 0 aromatic rings. The third-order valence-corrected chi connectivity index (χ3v) is 2.60. The first kappa shape index (κ1) is 11.1. The Morgan fingerprint density at radius 2 is 2.33 bits per heavy atom. The van der Waals surface area contributed by atoms with Gasteiger partial charge in [-0.1, -0.05) is 0 Å². The van der Waals surface area contributed by atoms with Gasteiger partial charge >= 0.3 is 11.9 Å². The first-order chi connectivity index (χ1) is 6.80. The highest BCUT2D eigenvalue weighted by atomic mass is 16.6. The van der Waals surface area contributed by atoms with Crippen LogP contribution in [0.3, 0.4) is 0 Å². The van der Waals surface area contributed by atoms with Crippen molar-refractivity contribution in [3.63, 3.8) is 0 Å². The second kappa shape index (κ2) is 3.30. The molecular formula is C7H12N4O4. The van der Waals surface area contributed by atoms with Crippen LogP contribution in [0.5, 0.6) is 0 Å². The van der Waals surface area contributed by atoms with Crippen LogP contribution in [0.1, 0.15) is 6.92 Å².